The number of benzene rings is 1. The number of thiazole rings is 1. The quantitative estimate of drug-likeness (QED) is 0.850. The maximum absolute atomic E-state index is 10.4. The highest BCUT2D eigenvalue weighted by atomic mass is 32.1. The van der Waals surface area contributed by atoms with Gasteiger partial charge >= 0.3 is 0 Å². The molecule has 114 valence electrons. The summed E-state index contributed by atoms with van der Waals surface area (Å²) in [4.78, 5) is 4.38. The van der Waals surface area contributed by atoms with Crippen LogP contribution in [0.1, 0.15) is 36.2 Å². The van der Waals surface area contributed by atoms with Gasteiger partial charge in [0.2, 0.25) is 0 Å². The van der Waals surface area contributed by atoms with Crippen molar-refractivity contribution in [3.63, 3.8) is 0 Å². The van der Waals surface area contributed by atoms with Gasteiger partial charge in [0, 0.05) is 11.8 Å². The number of aliphatic hydroxyl groups excluding tert-OH is 1. The normalized spacial score (nSPS) is 12.2. The predicted octanol–water partition coefficient (Wildman–Crippen LogP) is 3.53. The third kappa shape index (κ3) is 4.19. The average molecular weight is 307 g/mol. The molecule has 5 heteroatoms. The van der Waals surface area contributed by atoms with Crippen LogP contribution in [0.5, 0.6) is 11.5 Å². The standard InChI is InChI=1S/C16H21NO3S/c1-4-19-15-7-6-12(8-16(15)20-5-2)14(18)9-13-10-21-11(3)17-13/h6-8,10,14,18H,4-5,9H2,1-3H3. The van der Waals surface area contributed by atoms with Crippen molar-refractivity contribution >= 4 is 11.3 Å². The molecule has 1 unspecified atom stereocenters. The van der Waals surface area contributed by atoms with E-state index in [0.29, 0.717) is 31.1 Å². The Hall–Kier alpha value is -1.59. The molecule has 1 heterocycles. The zero-order valence-corrected chi connectivity index (χ0v) is 13.4. The predicted molar refractivity (Wildman–Crippen MR) is 84.3 cm³/mol. The van der Waals surface area contributed by atoms with Crippen LogP contribution in [0.4, 0.5) is 0 Å². The first-order valence-electron chi connectivity index (χ1n) is 7.12. The highest BCUT2D eigenvalue weighted by Gasteiger charge is 2.14. The summed E-state index contributed by atoms with van der Waals surface area (Å²) in [6.07, 6.45) is -0.0921. The second-order valence-electron chi connectivity index (χ2n) is 4.65. The molecule has 0 aliphatic carbocycles. The minimum absolute atomic E-state index is 0.504. The van der Waals surface area contributed by atoms with Crippen molar-refractivity contribution in [2.24, 2.45) is 0 Å². The van der Waals surface area contributed by atoms with Crippen molar-refractivity contribution in [2.75, 3.05) is 13.2 Å². The van der Waals surface area contributed by atoms with Gasteiger partial charge < -0.3 is 14.6 Å². The smallest absolute Gasteiger partial charge is 0.161 e. The minimum atomic E-state index is -0.596. The summed E-state index contributed by atoms with van der Waals surface area (Å²) in [6, 6.07) is 5.56. The Morgan fingerprint density at radius 3 is 2.52 bits per heavy atom. The Kier molecular flexibility index (Phi) is 5.59. The Morgan fingerprint density at radius 1 is 1.19 bits per heavy atom. The molecule has 1 atom stereocenters. The third-order valence-corrected chi connectivity index (χ3v) is 3.84. The fraction of sp³-hybridized carbons (Fsp3) is 0.438. The molecule has 0 aliphatic heterocycles. The van der Waals surface area contributed by atoms with Crippen LogP contribution in [0.3, 0.4) is 0 Å². The molecule has 0 amide bonds. The lowest BCUT2D eigenvalue weighted by molar-refractivity contribution is 0.176. The number of aryl methyl sites for hydroxylation is 1. The van der Waals surface area contributed by atoms with Crippen molar-refractivity contribution in [3.05, 3.63) is 39.8 Å². The molecular formula is C16H21NO3S. The molecule has 0 bridgehead atoms. The molecule has 1 N–H and O–H groups in total. The first-order valence-corrected chi connectivity index (χ1v) is 8.00. The maximum Gasteiger partial charge on any atom is 0.161 e. The van der Waals surface area contributed by atoms with Crippen LogP contribution >= 0.6 is 11.3 Å². The molecule has 0 saturated heterocycles. The average Bonchev–Trinajstić information content (AvgIpc) is 2.86. The topological polar surface area (TPSA) is 51.6 Å². The first kappa shape index (κ1) is 15.8. The van der Waals surface area contributed by atoms with Gasteiger partial charge in [-0.1, -0.05) is 6.07 Å². The van der Waals surface area contributed by atoms with Gasteiger partial charge in [0.05, 0.1) is 30.0 Å². The molecule has 0 aliphatic rings. The number of aromatic nitrogens is 1. The number of rotatable bonds is 7. The fourth-order valence-corrected chi connectivity index (χ4v) is 2.72. The van der Waals surface area contributed by atoms with Crippen LogP contribution in [0.2, 0.25) is 0 Å². The van der Waals surface area contributed by atoms with Gasteiger partial charge in [0.1, 0.15) is 0 Å². The summed E-state index contributed by atoms with van der Waals surface area (Å²) in [7, 11) is 0. The minimum Gasteiger partial charge on any atom is -0.490 e. The molecule has 0 radical (unpaired) electrons. The second-order valence-corrected chi connectivity index (χ2v) is 5.71. The van der Waals surface area contributed by atoms with Gasteiger partial charge in [-0.25, -0.2) is 4.98 Å². The van der Waals surface area contributed by atoms with E-state index >= 15 is 0 Å². The maximum atomic E-state index is 10.4. The number of hydrogen-bond acceptors (Lipinski definition) is 5. The number of aliphatic hydroxyl groups is 1. The van der Waals surface area contributed by atoms with Crippen LogP contribution in [-0.2, 0) is 6.42 Å². The SMILES string of the molecule is CCOc1ccc(C(O)Cc2csc(C)n2)cc1OCC. The van der Waals surface area contributed by atoms with E-state index in [2.05, 4.69) is 4.98 Å². The summed E-state index contributed by atoms with van der Waals surface area (Å²) in [5, 5.41) is 13.4. The molecule has 0 saturated carbocycles. The van der Waals surface area contributed by atoms with Crippen molar-refractivity contribution in [1.82, 2.24) is 4.98 Å². The van der Waals surface area contributed by atoms with E-state index < -0.39 is 6.10 Å². The number of ether oxygens (including phenoxy) is 2. The van der Waals surface area contributed by atoms with Crippen LogP contribution in [0, 0.1) is 6.92 Å². The molecule has 1 aromatic carbocycles. The molecule has 1 aromatic heterocycles. The van der Waals surface area contributed by atoms with E-state index in [9.17, 15) is 5.11 Å². The van der Waals surface area contributed by atoms with E-state index in [-0.39, 0.29) is 0 Å². The monoisotopic (exact) mass is 307 g/mol. The molecule has 4 nitrogen and oxygen atoms in total. The lowest BCUT2D eigenvalue weighted by Gasteiger charge is -2.15. The molecule has 2 rings (SSSR count). The van der Waals surface area contributed by atoms with Gasteiger partial charge in [0.15, 0.2) is 11.5 Å². The van der Waals surface area contributed by atoms with E-state index in [1.165, 1.54) is 0 Å². The van der Waals surface area contributed by atoms with E-state index in [1.807, 2.05) is 44.4 Å². The Bertz CT molecular complexity index is 583. The molecule has 2 aromatic rings. The number of nitrogens with zero attached hydrogens (tertiary/aromatic N) is 1. The van der Waals surface area contributed by atoms with Crippen LogP contribution in [0.15, 0.2) is 23.6 Å². The highest BCUT2D eigenvalue weighted by molar-refractivity contribution is 7.09. The van der Waals surface area contributed by atoms with Crippen LogP contribution < -0.4 is 9.47 Å². The summed E-state index contributed by atoms with van der Waals surface area (Å²) in [5.74, 6) is 1.38. The summed E-state index contributed by atoms with van der Waals surface area (Å²) in [5.41, 5.74) is 1.73. The van der Waals surface area contributed by atoms with Gasteiger partial charge in [-0.05, 0) is 38.5 Å². The lowest BCUT2D eigenvalue weighted by Crippen LogP contribution is -2.04. The van der Waals surface area contributed by atoms with Gasteiger partial charge in [-0.3, -0.25) is 0 Å². The van der Waals surface area contributed by atoms with E-state index in [4.69, 9.17) is 9.47 Å². The van der Waals surface area contributed by atoms with Crippen LogP contribution in [0.25, 0.3) is 0 Å². The molecular weight excluding hydrogens is 286 g/mol. The first-order chi connectivity index (χ1) is 10.1. The highest BCUT2D eigenvalue weighted by Crippen LogP contribution is 2.31. The van der Waals surface area contributed by atoms with Crippen molar-refractivity contribution < 1.29 is 14.6 Å². The Labute approximate surface area is 129 Å². The summed E-state index contributed by atoms with van der Waals surface area (Å²) < 4.78 is 11.1. The third-order valence-electron chi connectivity index (χ3n) is 3.02. The van der Waals surface area contributed by atoms with Crippen LogP contribution in [-0.4, -0.2) is 23.3 Å². The molecule has 0 spiro atoms. The Balaban J connectivity index is 2.16. The number of hydrogen-bond donors (Lipinski definition) is 1. The fourth-order valence-electron chi connectivity index (χ4n) is 2.09. The van der Waals surface area contributed by atoms with Crippen molar-refractivity contribution in [3.8, 4) is 11.5 Å². The zero-order chi connectivity index (χ0) is 15.2. The van der Waals surface area contributed by atoms with E-state index in [1.54, 1.807) is 11.3 Å². The van der Waals surface area contributed by atoms with Gasteiger partial charge in [-0.15, -0.1) is 11.3 Å². The van der Waals surface area contributed by atoms with Crippen molar-refractivity contribution in [1.29, 1.82) is 0 Å². The van der Waals surface area contributed by atoms with E-state index in [0.717, 1.165) is 16.3 Å². The summed E-state index contributed by atoms with van der Waals surface area (Å²) in [6.45, 7) is 6.97. The second kappa shape index (κ2) is 7.43. The largest absolute Gasteiger partial charge is 0.490 e. The summed E-state index contributed by atoms with van der Waals surface area (Å²) >= 11 is 1.59. The molecule has 21 heavy (non-hydrogen) atoms. The van der Waals surface area contributed by atoms with Gasteiger partial charge in [0.25, 0.3) is 0 Å². The Morgan fingerprint density at radius 2 is 1.90 bits per heavy atom. The molecule has 0 fully saturated rings. The van der Waals surface area contributed by atoms with Gasteiger partial charge in [-0.2, -0.15) is 0 Å². The zero-order valence-electron chi connectivity index (χ0n) is 12.6. The van der Waals surface area contributed by atoms with Crippen molar-refractivity contribution in [2.45, 2.75) is 33.3 Å². The lowest BCUT2D eigenvalue weighted by atomic mass is 10.0.